The molecule has 1 unspecified atom stereocenters. The van der Waals surface area contributed by atoms with Crippen LogP contribution < -0.4 is 5.73 Å². The van der Waals surface area contributed by atoms with Gasteiger partial charge in [0, 0.05) is 11.4 Å². The van der Waals surface area contributed by atoms with Gasteiger partial charge < -0.3 is 10.6 Å². The van der Waals surface area contributed by atoms with Crippen molar-refractivity contribution in [2.45, 2.75) is 19.4 Å². The van der Waals surface area contributed by atoms with Crippen LogP contribution in [0.25, 0.3) is 0 Å². The number of rotatable bonds is 1. The van der Waals surface area contributed by atoms with Crippen molar-refractivity contribution < 1.29 is 4.79 Å². The lowest BCUT2D eigenvalue weighted by molar-refractivity contribution is 0.0684. The number of nitrogens with two attached hydrogens (primary N) is 1. The van der Waals surface area contributed by atoms with Crippen molar-refractivity contribution in [3.63, 3.8) is 0 Å². The van der Waals surface area contributed by atoms with Crippen molar-refractivity contribution in [3.05, 3.63) is 43.8 Å². The summed E-state index contributed by atoms with van der Waals surface area (Å²) in [4.78, 5) is 17.7. The van der Waals surface area contributed by atoms with Crippen molar-refractivity contribution >= 4 is 28.6 Å². The number of hydrogen-bond acceptors (Lipinski definition) is 4. The van der Waals surface area contributed by atoms with E-state index in [4.69, 9.17) is 5.73 Å². The molecule has 3 rings (SSSR count). The Kier molecular flexibility index (Phi) is 4.11. The first-order valence-electron chi connectivity index (χ1n) is 6.86. The first-order chi connectivity index (χ1) is 10.2. The fourth-order valence-corrected chi connectivity index (χ4v) is 4.39. The molecule has 5 heteroatoms. The SMILES string of the molecule is CC1c2ccsc2CCN1C(=O)c1ccc(C#CCN)s1. The normalized spacial score (nSPS) is 17.0. The first-order valence-corrected chi connectivity index (χ1v) is 8.56. The molecule has 1 atom stereocenters. The van der Waals surface area contributed by atoms with Gasteiger partial charge in [-0.1, -0.05) is 11.8 Å². The Balaban J connectivity index is 1.81. The molecule has 3 nitrogen and oxygen atoms in total. The van der Waals surface area contributed by atoms with Crippen molar-refractivity contribution in [1.82, 2.24) is 4.90 Å². The number of amides is 1. The van der Waals surface area contributed by atoms with E-state index in [1.54, 1.807) is 11.3 Å². The molecule has 1 aliphatic rings. The second-order valence-corrected chi connectivity index (χ2v) is 6.98. The molecule has 108 valence electrons. The molecule has 0 saturated heterocycles. The Morgan fingerprint density at radius 2 is 2.33 bits per heavy atom. The van der Waals surface area contributed by atoms with Gasteiger partial charge in [-0.3, -0.25) is 4.79 Å². The Morgan fingerprint density at radius 3 is 3.14 bits per heavy atom. The van der Waals surface area contributed by atoms with Crippen LogP contribution in [0.2, 0.25) is 0 Å². The van der Waals surface area contributed by atoms with E-state index in [-0.39, 0.29) is 11.9 Å². The van der Waals surface area contributed by atoms with Gasteiger partial charge in [0.25, 0.3) is 5.91 Å². The van der Waals surface area contributed by atoms with E-state index >= 15 is 0 Å². The second-order valence-electron chi connectivity index (χ2n) is 4.89. The molecule has 2 N–H and O–H groups in total. The highest BCUT2D eigenvalue weighted by Crippen LogP contribution is 2.34. The van der Waals surface area contributed by atoms with Crippen LogP contribution in [-0.4, -0.2) is 23.9 Å². The van der Waals surface area contributed by atoms with E-state index in [1.165, 1.54) is 21.8 Å². The smallest absolute Gasteiger partial charge is 0.264 e. The summed E-state index contributed by atoms with van der Waals surface area (Å²) in [5.41, 5.74) is 6.66. The predicted molar refractivity (Wildman–Crippen MR) is 87.7 cm³/mol. The van der Waals surface area contributed by atoms with Crippen LogP contribution in [0.15, 0.2) is 23.6 Å². The van der Waals surface area contributed by atoms with Gasteiger partial charge in [-0.15, -0.1) is 22.7 Å². The summed E-state index contributed by atoms with van der Waals surface area (Å²) in [6.45, 7) is 3.23. The minimum Gasteiger partial charge on any atom is -0.331 e. The van der Waals surface area contributed by atoms with Crippen LogP contribution in [-0.2, 0) is 6.42 Å². The predicted octanol–water partition coefficient (Wildman–Crippen LogP) is 2.88. The topological polar surface area (TPSA) is 46.3 Å². The summed E-state index contributed by atoms with van der Waals surface area (Å²) in [6.07, 6.45) is 0.953. The number of carbonyl (C=O) groups is 1. The molecule has 0 radical (unpaired) electrons. The molecule has 1 aliphatic heterocycles. The minimum absolute atomic E-state index is 0.102. The standard InChI is InChI=1S/C16H16N2OS2/c1-11-13-7-10-20-14(13)6-9-18(11)16(19)15-5-4-12(21-15)3-2-8-17/h4-5,7,10-11H,6,8-9,17H2,1H3. The average Bonchev–Trinajstić information content (AvgIpc) is 3.14. The lowest BCUT2D eigenvalue weighted by atomic mass is 10.0. The summed E-state index contributed by atoms with van der Waals surface area (Å²) in [5.74, 6) is 5.90. The third-order valence-electron chi connectivity index (χ3n) is 3.67. The molecule has 0 bridgehead atoms. The molecular formula is C16H16N2OS2. The van der Waals surface area contributed by atoms with Gasteiger partial charge in [-0.2, -0.15) is 0 Å². The van der Waals surface area contributed by atoms with Crippen molar-refractivity contribution in [3.8, 4) is 11.8 Å². The summed E-state index contributed by atoms with van der Waals surface area (Å²) in [5, 5.41) is 2.11. The second kappa shape index (κ2) is 6.02. The molecule has 2 aromatic rings. The number of fused-ring (bicyclic) bond motifs is 1. The fourth-order valence-electron chi connectivity index (χ4n) is 2.59. The largest absolute Gasteiger partial charge is 0.331 e. The molecule has 2 aromatic heterocycles. The summed E-state index contributed by atoms with van der Waals surface area (Å²) < 4.78 is 0. The van der Waals surface area contributed by atoms with Crippen molar-refractivity contribution in [2.24, 2.45) is 5.73 Å². The Labute approximate surface area is 132 Å². The van der Waals surface area contributed by atoms with Gasteiger partial charge in [0.1, 0.15) is 0 Å². The molecule has 0 aromatic carbocycles. The number of thiophene rings is 2. The monoisotopic (exact) mass is 316 g/mol. The lowest BCUT2D eigenvalue weighted by Crippen LogP contribution is -2.37. The third-order valence-corrected chi connectivity index (χ3v) is 5.65. The Morgan fingerprint density at radius 1 is 1.48 bits per heavy atom. The van der Waals surface area contributed by atoms with Gasteiger partial charge in [-0.05, 0) is 42.5 Å². The maximum absolute atomic E-state index is 12.7. The maximum atomic E-state index is 12.7. The highest BCUT2D eigenvalue weighted by molar-refractivity contribution is 7.14. The Hall–Kier alpha value is -1.61. The van der Waals surface area contributed by atoms with Crippen molar-refractivity contribution in [1.29, 1.82) is 0 Å². The highest BCUT2D eigenvalue weighted by Gasteiger charge is 2.29. The number of nitrogens with zero attached hydrogens (tertiary/aromatic N) is 1. The Bertz CT molecular complexity index is 720. The van der Waals surface area contributed by atoms with Crippen LogP contribution in [0.1, 0.15) is 38.0 Å². The molecule has 21 heavy (non-hydrogen) atoms. The zero-order chi connectivity index (χ0) is 14.8. The minimum atomic E-state index is 0.102. The molecule has 1 amide bonds. The molecule has 0 fully saturated rings. The summed E-state index contributed by atoms with van der Waals surface area (Å²) >= 11 is 3.23. The van der Waals surface area contributed by atoms with Crippen LogP contribution in [0.3, 0.4) is 0 Å². The van der Waals surface area contributed by atoms with E-state index in [1.807, 2.05) is 17.0 Å². The first kappa shape index (κ1) is 14.3. The van der Waals surface area contributed by atoms with E-state index in [0.29, 0.717) is 6.54 Å². The van der Waals surface area contributed by atoms with Crippen LogP contribution in [0.5, 0.6) is 0 Å². The average molecular weight is 316 g/mol. The van der Waals surface area contributed by atoms with Crippen LogP contribution in [0, 0.1) is 11.8 Å². The molecule has 0 spiro atoms. The highest BCUT2D eigenvalue weighted by atomic mass is 32.1. The van der Waals surface area contributed by atoms with Gasteiger partial charge in [0.05, 0.1) is 22.3 Å². The molecule has 0 saturated carbocycles. The summed E-state index contributed by atoms with van der Waals surface area (Å²) in [7, 11) is 0. The van der Waals surface area contributed by atoms with E-state index < -0.39 is 0 Å². The molecule has 3 heterocycles. The van der Waals surface area contributed by atoms with Crippen LogP contribution in [0.4, 0.5) is 0 Å². The zero-order valence-corrected chi connectivity index (χ0v) is 13.4. The molecule has 0 aliphatic carbocycles. The number of carbonyl (C=O) groups excluding carboxylic acids is 1. The van der Waals surface area contributed by atoms with Crippen molar-refractivity contribution in [2.75, 3.05) is 13.1 Å². The fraction of sp³-hybridized carbons (Fsp3) is 0.312. The number of hydrogen-bond donors (Lipinski definition) is 1. The maximum Gasteiger partial charge on any atom is 0.264 e. The van der Waals surface area contributed by atoms with Gasteiger partial charge >= 0.3 is 0 Å². The van der Waals surface area contributed by atoms with E-state index in [0.717, 1.165) is 22.7 Å². The van der Waals surface area contributed by atoms with Gasteiger partial charge in [-0.25, -0.2) is 0 Å². The van der Waals surface area contributed by atoms with Crippen LogP contribution >= 0.6 is 22.7 Å². The van der Waals surface area contributed by atoms with Gasteiger partial charge in [0.2, 0.25) is 0 Å². The van der Waals surface area contributed by atoms with E-state index in [2.05, 4.69) is 30.2 Å². The summed E-state index contributed by atoms with van der Waals surface area (Å²) in [6, 6.07) is 6.04. The van der Waals surface area contributed by atoms with Gasteiger partial charge in [0.15, 0.2) is 0 Å². The van der Waals surface area contributed by atoms with E-state index in [9.17, 15) is 4.79 Å². The third kappa shape index (κ3) is 2.75. The lowest BCUT2D eigenvalue weighted by Gasteiger charge is -2.33. The quantitative estimate of drug-likeness (QED) is 0.822. The zero-order valence-electron chi connectivity index (χ0n) is 11.8. The molecular weight excluding hydrogens is 300 g/mol.